The third kappa shape index (κ3) is 2.33. The largest absolute Gasteiger partial charge is 0.396 e. The molecule has 3 rings (SSSR count). The average molecular weight is 294 g/mol. The number of fused-ring (bicyclic) bond motifs is 2. The number of hydrogen-bond acceptors (Lipinski definition) is 4. The van der Waals surface area contributed by atoms with Crippen LogP contribution in [-0.4, -0.2) is 4.98 Å². The number of nitrogens with two attached hydrogens (primary N) is 1. The molecule has 1 aliphatic rings. The van der Waals surface area contributed by atoms with E-state index in [4.69, 9.17) is 5.73 Å². The first-order valence-corrected chi connectivity index (χ1v) is 6.80. The lowest BCUT2D eigenvalue weighted by Crippen LogP contribution is -2.32. The average Bonchev–Trinajstić information content (AvgIpc) is 2.75. The lowest BCUT2D eigenvalue weighted by molar-refractivity contribution is 0.889. The van der Waals surface area contributed by atoms with Crippen molar-refractivity contribution < 1.29 is 0 Å². The summed E-state index contributed by atoms with van der Waals surface area (Å²) in [6.45, 7) is 4.38. The number of hydrogen-bond donors (Lipinski definition) is 2. The van der Waals surface area contributed by atoms with Gasteiger partial charge in [-0.25, -0.2) is 0 Å². The summed E-state index contributed by atoms with van der Waals surface area (Å²) in [4.78, 5) is 5.72. The van der Waals surface area contributed by atoms with E-state index >= 15 is 0 Å². The van der Waals surface area contributed by atoms with Crippen LogP contribution < -0.4 is 21.6 Å². The molecular weight excluding hydrogens is 278 g/mol. The fraction of sp³-hybridized carbons (Fsp3) is 0.214. The highest BCUT2D eigenvalue weighted by atomic mass is 35.5. The Labute approximate surface area is 122 Å². The van der Waals surface area contributed by atoms with E-state index in [1.165, 1.54) is 4.88 Å². The van der Waals surface area contributed by atoms with Gasteiger partial charge in [-0.1, -0.05) is 13.8 Å². The van der Waals surface area contributed by atoms with Crippen LogP contribution in [0.5, 0.6) is 0 Å². The van der Waals surface area contributed by atoms with Crippen LogP contribution >= 0.6 is 23.7 Å². The van der Waals surface area contributed by atoms with E-state index in [1.807, 2.05) is 18.3 Å². The summed E-state index contributed by atoms with van der Waals surface area (Å²) in [6.07, 6.45) is 3.75. The van der Waals surface area contributed by atoms with Gasteiger partial charge in [-0.3, -0.25) is 4.98 Å². The molecule has 100 valence electrons. The Morgan fingerprint density at radius 2 is 2.16 bits per heavy atom. The SMILES string of the molecule is CC(C)c1cc2c(s1)NC=c1cccnc1=C2N.Cl. The summed E-state index contributed by atoms with van der Waals surface area (Å²) in [6, 6.07) is 6.11. The van der Waals surface area contributed by atoms with Crippen molar-refractivity contribution in [1.29, 1.82) is 0 Å². The number of pyridine rings is 1. The third-order valence-corrected chi connectivity index (χ3v) is 4.43. The number of rotatable bonds is 1. The van der Waals surface area contributed by atoms with Gasteiger partial charge in [0, 0.05) is 28.1 Å². The lowest BCUT2D eigenvalue weighted by atomic mass is 10.1. The maximum atomic E-state index is 6.27. The lowest BCUT2D eigenvalue weighted by Gasteiger charge is -1.99. The van der Waals surface area contributed by atoms with Crippen molar-refractivity contribution in [2.75, 3.05) is 5.32 Å². The maximum absolute atomic E-state index is 6.27. The van der Waals surface area contributed by atoms with Crippen molar-refractivity contribution in [1.82, 2.24) is 4.98 Å². The van der Waals surface area contributed by atoms with E-state index in [-0.39, 0.29) is 12.4 Å². The first kappa shape index (κ1) is 13.9. The van der Waals surface area contributed by atoms with Gasteiger partial charge in [-0.2, -0.15) is 0 Å². The molecule has 0 spiro atoms. The zero-order valence-electron chi connectivity index (χ0n) is 10.8. The van der Waals surface area contributed by atoms with Gasteiger partial charge in [0.2, 0.25) is 0 Å². The third-order valence-electron chi connectivity index (χ3n) is 3.06. The molecule has 0 saturated heterocycles. The molecule has 0 atom stereocenters. The molecular formula is C14H16ClN3S. The van der Waals surface area contributed by atoms with Crippen LogP contribution in [0.3, 0.4) is 0 Å². The minimum Gasteiger partial charge on any atom is -0.396 e. The number of thiophene rings is 1. The van der Waals surface area contributed by atoms with Crippen LogP contribution in [0.25, 0.3) is 11.9 Å². The molecule has 3 nitrogen and oxygen atoms in total. The van der Waals surface area contributed by atoms with Gasteiger partial charge in [0.15, 0.2) is 0 Å². The van der Waals surface area contributed by atoms with Gasteiger partial charge in [-0.15, -0.1) is 23.7 Å². The molecule has 0 radical (unpaired) electrons. The molecule has 1 aliphatic heterocycles. The van der Waals surface area contributed by atoms with Crippen molar-refractivity contribution in [2.24, 2.45) is 5.73 Å². The molecule has 2 aromatic rings. The maximum Gasteiger partial charge on any atom is 0.102 e. The van der Waals surface area contributed by atoms with Gasteiger partial charge in [-0.05, 0) is 24.1 Å². The molecule has 3 heterocycles. The molecule has 0 saturated carbocycles. The van der Waals surface area contributed by atoms with E-state index in [0.29, 0.717) is 5.92 Å². The Hall–Kier alpha value is -1.52. The quantitative estimate of drug-likeness (QED) is 0.845. The Balaban J connectivity index is 0.00000133. The minimum absolute atomic E-state index is 0. The summed E-state index contributed by atoms with van der Waals surface area (Å²) in [5, 5.41) is 6.34. The van der Waals surface area contributed by atoms with Gasteiger partial charge < -0.3 is 11.1 Å². The number of anilines is 1. The van der Waals surface area contributed by atoms with Crippen LogP contribution in [-0.2, 0) is 0 Å². The van der Waals surface area contributed by atoms with Gasteiger partial charge in [0.1, 0.15) is 5.00 Å². The second-order valence-electron chi connectivity index (χ2n) is 4.69. The molecule has 0 amide bonds. The summed E-state index contributed by atoms with van der Waals surface area (Å²) in [7, 11) is 0. The Morgan fingerprint density at radius 3 is 2.89 bits per heavy atom. The Kier molecular flexibility index (Phi) is 3.83. The summed E-state index contributed by atoms with van der Waals surface area (Å²) in [5.74, 6) is 0.514. The highest BCUT2D eigenvalue weighted by Gasteiger charge is 2.15. The van der Waals surface area contributed by atoms with E-state index in [1.54, 1.807) is 17.5 Å². The molecule has 0 fully saturated rings. The Morgan fingerprint density at radius 1 is 1.37 bits per heavy atom. The van der Waals surface area contributed by atoms with E-state index in [0.717, 1.165) is 26.8 Å². The van der Waals surface area contributed by atoms with Crippen LogP contribution in [0.15, 0.2) is 24.4 Å². The minimum atomic E-state index is 0. The zero-order valence-corrected chi connectivity index (χ0v) is 12.4. The van der Waals surface area contributed by atoms with Crippen molar-refractivity contribution >= 4 is 40.6 Å². The fourth-order valence-corrected chi connectivity index (χ4v) is 3.08. The number of halogens is 1. The second kappa shape index (κ2) is 5.23. The van der Waals surface area contributed by atoms with Crippen molar-refractivity contribution in [2.45, 2.75) is 19.8 Å². The first-order valence-electron chi connectivity index (χ1n) is 5.98. The molecule has 5 heteroatoms. The summed E-state index contributed by atoms with van der Waals surface area (Å²) < 4.78 is 0. The first-order chi connectivity index (χ1) is 8.66. The molecule has 0 bridgehead atoms. The zero-order chi connectivity index (χ0) is 12.7. The smallest absolute Gasteiger partial charge is 0.102 e. The van der Waals surface area contributed by atoms with E-state index < -0.39 is 0 Å². The van der Waals surface area contributed by atoms with Crippen LogP contribution in [0.2, 0.25) is 0 Å². The second-order valence-corrected chi connectivity index (χ2v) is 5.77. The van der Waals surface area contributed by atoms with Crippen molar-refractivity contribution in [3.8, 4) is 0 Å². The summed E-state index contributed by atoms with van der Waals surface area (Å²) in [5.41, 5.74) is 8.09. The van der Waals surface area contributed by atoms with Crippen LogP contribution in [0.1, 0.15) is 30.2 Å². The molecule has 0 aliphatic carbocycles. The number of aromatic nitrogens is 1. The molecule has 2 aromatic heterocycles. The molecule has 0 unspecified atom stereocenters. The highest BCUT2D eigenvalue weighted by molar-refractivity contribution is 7.16. The molecule has 3 N–H and O–H groups in total. The Bertz CT molecular complexity index is 719. The van der Waals surface area contributed by atoms with Gasteiger partial charge in [0.05, 0.1) is 11.0 Å². The van der Waals surface area contributed by atoms with Gasteiger partial charge in [0.25, 0.3) is 0 Å². The van der Waals surface area contributed by atoms with Crippen molar-refractivity contribution in [3.63, 3.8) is 0 Å². The van der Waals surface area contributed by atoms with Crippen LogP contribution in [0.4, 0.5) is 5.00 Å². The van der Waals surface area contributed by atoms with E-state index in [2.05, 4.69) is 30.2 Å². The monoisotopic (exact) mass is 293 g/mol. The van der Waals surface area contributed by atoms with Crippen molar-refractivity contribution in [3.05, 3.63) is 45.4 Å². The number of nitrogens with zero attached hydrogens (tertiary/aromatic N) is 1. The van der Waals surface area contributed by atoms with Gasteiger partial charge >= 0.3 is 0 Å². The normalized spacial score (nSPS) is 12.7. The van der Waals surface area contributed by atoms with E-state index in [9.17, 15) is 0 Å². The fourth-order valence-electron chi connectivity index (χ4n) is 2.03. The summed E-state index contributed by atoms with van der Waals surface area (Å²) >= 11 is 1.76. The highest BCUT2D eigenvalue weighted by Crippen LogP contribution is 2.35. The molecule has 19 heavy (non-hydrogen) atoms. The predicted molar refractivity (Wildman–Crippen MR) is 83.9 cm³/mol. The number of nitrogens with one attached hydrogen (secondary N) is 1. The molecule has 0 aromatic carbocycles. The predicted octanol–water partition coefficient (Wildman–Crippen LogP) is 1.97. The topological polar surface area (TPSA) is 50.9 Å². The standard InChI is InChI=1S/C14H15N3S.ClH/c1-8(2)11-6-10-12(15)13-9(4-3-5-16-13)7-17-14(10)18-11;/h3-8,17H,15H2,1-2H3;1H. The van der Waals surface area contributed by atoms with Crippen LogP contribution in [0, 0.1) is 0 Å².